The summed E-state index contributed by atoms with van der Waals surface area (Å²) in [6.07, 6.45) is 14.1. The summed E-state index contributed by atoms with van der Waals surface area (Å²) in [7, 11) is 0. The standard InChI is InChI=1S/C22H35FO2/c1-3-5-6-7-8-9-10-11-12-16-19(15-4-2)25-22(24)20-17-13-14-18-21(20)23/h13-14,17-19H,3-12,15-16H2,1-2H3. The van der Waals surface area contributed by atoms with Crippen LogP contribution >= 0.6 is 0 Å². The third-order valence-corrected chi connectivity index (χ3v) is 4.61. The summed E-state index contributed by atoms with van der Waals surface area (Å²) in [4.78, 5) is 12.1. The van der Waals surface area contributed by atoms with Gasteiger partial charge in [0.2, 0.25) is 0 Å². The van der Waals surface area contributed by atoms with Gasteiger partial charge in [0.1, 0.15) is 11.9 Å². The Morgan fingerprint density at radius 1 is 0.880 bits per heavy atom. The van der Waals surface area contributed by atoms with E-state index in [2.05, 4.69) is 13.8 Å². The number of halogens is 1. The van der Waals surface area contributed by atoms with E-state index >= 15 is 0 Å². The fourth-order valence-electron chi connectivity index (χ4n) is 3.11. The summed E-state index contributed by atoms with van der Waals surface area (Å²) in [6.45, 7) is 4.33. The van der Waals surface area contributed by atoms with Gasteiger partial charge in [-0.1, -0.05) is 83.8 Å². The molecule has 0 amide bonds. The number of hydrogen-bond donors (Lipinski definition) is 0. The van der Waals surface area contributed by atoms with Gasteiger partial charge in [0.15, 0.2) is 0 Å². The van der Waals surface area contributed by atoms with E-state index in [1.54, 1.807) is 12.1 Å². The average Bonchev–Trinajstić information content (AvgIpc) is 2.60. The summed E-state index contributed by atoms with van der Waals surface area (Å²) < 4.78 is 19.2. The van der Waals surface area contributed by atoms with Crippen LogP contribution in [0, 0.1) is 5.82 Å². The first-order chi connectivity index (χ1) is 12.2. The molecule has 2 nitrogen and oxygen atoms in total. The van der Waals surface area contributed by atoms with Crippen LogP contribution in [0.5, 0.6) is 0 Å². The number of esters is 1. The normalized spacial score (nSPS) is 12.1. The zero-order chi connectivity index (χ0) is 18.3. The predicted octanol–water partition coefficient (Wildman–Crippen LogP) is 7.07. The lowest BCUT2D eigenvalue weighted by Crippen LogP contribution is -2.19. The number of carbonyl (C=O) groups excluding carboxylic acids is 1. The van der Waals surface area contributed by atoms with Crippen LogP contribution in [-0.2, 0) is 4.74 Å². The zero-order valence-electron chi connectivity index (χ0n) is 16.1. The molecule has 0 heterocycles. The molecule has 0 bridgehead atoms. The highest BCUT2D eigenvalue weighted by Gasteiger charge is 2.17. The molecule has 0 aliphatic carbocycles. The molecular weight excluding hydrogens is 315 g/mol. The maximum Gasteiger partial charge on any atom is 0.341 e. The third kappa shape index (κ3) is 9.62. The maximum absolute atomic E-state index is 13.7. The number of ether oxygens (including phenoxy) is 1. The Morgan fingerprint density at radius 2 is 1.48 bits per heavy atom. The number of hydrogen-bond acceptors (Lipinski definition) is 2. The fourth-order valence-corrected chi connectivity index (χ4v) is 3.11. The molecule has 1 aromatic carbocycles. The van der Waals surface area contributed by atoms with Gasteiger partial charge in [0.25, 0.3) is 0 Å². The number of carbonyl (C=O) groups is 1. The van der Waals surface area contributed by atoms with Crippen LogP contribution in [0.25, 0.3) is 0 Å². The Kier molecular flexibility index (Phi) is 12.0. The highest BCUT2D eigenvalue weighted by molar-refractivity contribution is 5.89. The van der Waals surface area contributed by atoms with E-state index in [0.717, 1.165) is 25.7 Å². The minimum Gasteiger partial charge on any atom is -0.459 e. The molecule has 1 unspecified atom stereocenters. The van der Waals surface area contributed by atoms with Crippen LogP contribution in [0.15, 0.2) is 24.3 Å². The number of rotatable bonds is 14. The Balaban J connectivity index is 2.23. The minimum atomic E-state index is -0.535. The fraction of sp³-hybridized carbons (Fsp3) is 0.682. The first-order valence-electron chi connectivity index (χ1n) is 10.1. The molecular formula is C22H35FO2. The quantitative estimate of drug-likeness (QED) is 0.265. The second kappa shape index (κ2) is 13.9. The van der Waals surface area contributed by atoms with E-state index in [1.165, 1.54) is 63.5 Å². The lowest BCUT2D eigenvalue weighted by Gasteiger charge is -2.17. The van der Waals surface area contributed by atoms with E-state index in [1.807, 2.05) is 0 Å². The van der Waals surface area contributed by atoms with Crippen molar-refractivity contribution in [2.75, 3.05) is 0 Å². The van der Waals surface area contributed by atoms with Gasteiger partial charge in [-0.3, -0.25) is 0 Å². The van der Waals surface area contributed by atoms with Gasteiger partial charge in [-0.2, -0.15) is 0 Å². The van der Waals surface area contributed by atoms with Gasteiger partial charge in [0, 0.05) is 0 Å². The SMILES string of the molecule is CCCCCCCCCCCC(CCC)OC(=O)c1ccccc1F. The highest BCUT2D eigenvalue weighted by atomic mass is 19.1. The van der Waals surface area contributed by atoms with E-state index in [4.69, 9.17) is 4.74 Å². The van der Waals surface area contributed by atoms with Crippen molar-refractivity contribution in [3.63, 3.8) is 0 Å². The van der Waals surface area contributed by atoms with E-state index in [9.17, 15) is 9.18 Å². The van der Waals surface area contributed by atoms with Crippen LogP contribution in [0.1, 0.15) is 101 Å². The van der Waals surface area contributed by atoms with Crippen molar-refractivity contribution in [3.8, 4) is 0 Å². The molecule has 1 rings (SSSR count). The van der Waals surface area contributed by atoms with Gasteiger partial charge in [0.05, 0.1) is 5.56 Å². The minimum absolute atomic E-state index is 0.0377. The van der Waals surface area contributed by atoms with Gasteiger partial charge in [-0.15, -0.1) is 0 Å². The Hall–Kier alpha value is -1.38. The predicted molar refractivity (Wildman–Crippen MR) is 102 cm³/mol. The Morgan fingerprint density at radius 3 is 2.08 bits per heavy atom. The molecule has 142 valence electrons. The summed E-state index contributed by atoms with van der Waals surface area (Å²) in [5, 5.41) is 0. The van der Waals surface area contributed by atoms with Gasteiger partial charge in [-0.05, 0) is 31.4 Å². The van der Waals surface area contributed by atoms with E-state index in [0.29, 0.717) is 0 Å². The molecule has 0 fully saturated rings. The molecule has 3 heteroatoms. The molecule has 1 atom stereocenters. The molecule has 0 aliphatic rings. The molecule has 1 aromatic rings. The first kappa shape index (κ1) is 21.7. The molecule has 0 N–H and O–H groups in total. The lowest BCUT2D eigenvalue weighted by molar-refractivity contribution is 0.0248. The number of benzene rings is 1. The third-order valence-electron chi connectivity index (χ3n) is 4.61. The smallest absolute Gasteiger partial charge is 0.341 e. The average molecular weight is 351 g/mol. The zero-order valence-corrected chi connectivity index (χ0v) is 16.1. The summed E-state index contributed by atoms with van der Waals surface area (Å²) >= 11 is 0. The van der Waals surface area contributed by atoms with Crippen LogP contribution in [-0.4, -0.2) is 12.1 Å². The van der Waals surface area contributed by atoms with Crippen molar-refractivity contribution < 1.29 is 13.9 Å². The molecule has 0 aliphatic heterocycles. The van der Waals surface area contributed by atoms with Gasteiger partial charge < -0.3 is 4.74 Å². The van der Waals surface area contributed by atoms with Crippen molar-refractivity contribution in [3.05, 3.63) is 35.6 Å². The molecule has 0 saturated carbocycles. The molecule has 0 aromatic heterocycles. The van der Waals surface area contributed by atoms with Gasteiger partial charge in [-0.25, -0.2) is 9.18 Å². The van der Waals surface area contributed by atoms with Crippen LogP contribution in [0.2, 0.25) is 0 Å². The summed E-state index contributed by atoms with van der Waals surface area (Å²) in [5.41, 5.74) is 0.0377. The van der Waals surface area contributed by atoms with Crippen LogP contribution in [0.3, 0.4) is 0 Å². The van der Waals surface area contributed by atoms with Crippen molar-refractivity contribution in [2.24, 2.45) is 0 Å². The van der Waals surface area contributed by atoms with Gasteiger partial charge >= 0.3 is 5.97 Å². The molecule has 0 saturated heterocycles. The first-order valence-corrected chi connectivity index (χ1v) is 10.1. The molecule has 0 spiro atoms. The highest BCUT2D eigenvalue weighted by Crippen LogP contribution is 2.17. The lowest BCUT2D eigenvalue weighted by atomic mass is 10.0. The summed E-state index contributed by atoms with van der Waals surface area (Å²) in [6, 6.07) is 6.03. The second-order valence-electron chi connectivity index (χ2n) is 6.91. The molecule has 25 heavy (non-hydrogen) atoms. The Labute approximate surface area is 153 Å². The van der Waals surface area contributed by atoms with Crippen LogP contribution < -0.4 is 0 Å². The monoisotopic (exact) mass is 350 g/mol. The Bertz CT molecular complexity index is 473. The van der Waals surface area contributed by atoms with Crippen molar-refractivity contribution in [2.45, 2.75) is 97.0 Å². The number of unbranched alkanes of at least 4 members (excludes halogenated alkanes) is 8. The van der Waals surface area contributed by atoms with E-state index < -0.39 is 11.8 Å². The largest absolute Gasteiger partial charge is 0.459 e. The van der Waals surface area contributed by atoms with Crippen LogP contribution in [0.4, 0.5) is 4.39 Å². The molecule has 0 radical (unpaired) electrons. The second-order valence-corrected chi connectivity index (χ2v) is 6.91. The maximum atomic E-state index is 13.7. The van der Waals surface area contributed by atoms with Crippen molar-refractivity contribution in [1.82, 2.24) is 0 Å². The topological polar surface area (TPSA) is 26.3 Å². The van der Waals surface area contributed by atoms with Crippen molar-refractivity contribution in [1.29, 1.82) is 0 Å². The van der Waals surface area contributed by atoms with E-state index in [-0.39, 0.29) is 11.7 Å². The van der Waals surface area contributed by atoms with Crippen molar-refractivity contribution >= 4 is 5.97 Å². The summed E-state index contributed by atoms with van der Waals surface area (Å²) in [5.74, 6) is -1.04.